The molecule has 6 heteroatoms. The van der Waals surface area contributed by atoms with Crippen LogP contribution in [0.15, 0.2) is 0 Å². The first-order valence-electron chi connectivity index (χ1n) is 5.79. The standard InChI is InChI=1S/C11H13F3N2S/c12-11(13,14)10-8-6-17-4-3-9(8)16(15-10)5-7-1-2-7/h7H,1-6H2. The summed E-state index contributed by atoms with van der Waals surface area (Å²) in [4.78, 5) is 0. The Morgan fingerprint density at radius 3 is 2.76 bits per heavy atom. The molecule has 0 atom stereocenters. The average Bonchev–Trinajstić information content (AvgIpc) is 2.99. The molecule has 0 aromatic carbocycles. The van der Waals surface area contributed by atoms with Gasteiger partial charge >= 0.3 is 6.18 Å². The van der Waals surface area contributed by atoms with Crippen LogP contribution in [0.5, 0.6) is 0 Å². The van der Waals surface area contributed by atoms with E-state index in [1.54, 1.807) is 16.4 Å². The summed E-state index contributed by atoms with van der Waals surface area (Å²) in [6.07, 6.45) is -1.33. The number of hydrogen-bond donors (Lipinski definition) is 0. The van der Waals surface area contributed by atoms with E-state index in [0.717, 1.165) is 30.7 Å². The fourth-order valence-corrected chi connectivity index (χ4v) is 3.22. The molecule has 1 saturated carbocycles. The smallest absolute Gasteiger partial charge is 0.268 e. The molecule has 94 valence electrons. The normalized spacial score (nSPS) is 20.4. The summed E-state index contributed by atoms with van der Waals surface area (Å²) in [7, 11) is 0. The van der Waals surface area contributed by atoms with Gasteiger partial charge in [0.25, 0.3) is 0 Å². The first-order chi connectivity index (χ1) is 8.05. The van der Waals surface area contributed by atoms with Crippen LogP contribution in [0.4, 0.5) is 13.2 Å². The molecule has 0 radical (unpaired) electrons. The van der Waals surface area contributed by atoms with Gasteiger partial charge in [-0.3, -0.25) is 4.68 Å². The van der Waals surface area contributed by atoms with Gasteiger partial charge in [0.1, 0.15) is 0 Å². The SMILES string of the molecule is FC(F)(F)c1nn(CC2CC2)c2c1CSCC2. The number of nitrogens with zero attached hydrogens (tertiary/aromatic N) is 2. The van der Waals surface area contributed by atoms with Crippen LogP contribution < -0.4 is 0 Å². The van der Waals surface area contributed by atoms with Gasteiger partial charge in [0.05, 0.1) is 0 Å². The first-order valence-corrected chi connectivity index (χ1v) is 6.94. The second-order valence-electron chi connectivity index (χ2n) is 4.70. The van der Waals surface area contributed by atoms with Gasteiger partial charge in [0, 0.05) is 23.6 Å². The van der Waals surface area contributed by atoms with Gasteiger partial charge in [-0.1, -0.05) is 0 Å². The number of halogens is 3. The largest absolute Gasteiger partial charge is 0.435 e. The van der Waals surface area contributed by atoms with Crippen LogP contribution in [-0.4, -0.2) is 15.5 Å². The van der Waals surface area contributed by atoms with Crippen LogP contribution in [0.3, 0.4) is 0 Å². The van der Waals surface area contributed by atoms with Crippen molar-refractivity contribution in [3.05, 3.63) is 17.0 Å². The van der Waals surface area contributed by atoms with Crippen LogP contribution >= 0.6 is 11.8 Å². The molecule has 0 N–H and O–H groups in total. The maximum Gasteiger partial charge on any atom is 0.435 e. The predicted octanol–water partition coefficient (Wildman–Crippen LogP) is 3.10. The van der Waals surface area contributed by atoms with E-state index in [1.807, 2.05) is 0 Å². The van der Waals surface area contributed by atoms with Gasteiger partial charge in [-0.15, -0.1) is 0 Å². The Balaban J connectivity index is 2.00. The number of alkyl halides is 3. The van der Waals surface area contributed by atoms with Gasteiger partial charge in [-0.25, -0.2) is 0 Å². The lowest BCUT2D eigenvalue weighted by molar-refractivity contribution is -0.142. The molecule has 1 aliphatic heterocycles. The third-order valence-corrected chi connectivity index (χ3v) is 4.28. The molecule has 0 unspecified atom stereocenters. The predicted molar refractivity (Wildman–Crippen MR) is 59.8 cm³/mol. The molecule has 0 amide bonds. The zero-order valence-electron chi connectivity index (χ0n) is 9.26. The number of aromatic nitrogens is 2. The van der Waals surface area contributed by atoms with E-state index in [9.17, 15) is 13.2 Å². The monoisotopic (exact) mass is 262 g/mol. The maximum absolute atomic E-state index is 12.9. The van der Waals surface area contributed by atoms with Crippen LogP contribution in [0.1, 0.15) is 29.8 Å². The summed E-state index contributed by atoms with van der Waals surface area (Å²) < 4.78 is 40.2. The quantitative estimate of drug-likeness (QED) is 0.815. The fourth-order valence-electron chi connectivity index (χ4n) is 2.23. The van der Waals surface area contributed by atoms with Crippen molar-refractivity contribution in [2.75, 3.05) is 5.75 Å². The van der Waals surface area contributed by atoms with Crippen molar-refractivity contribution < 1.29 is 13.2 Å². The average molecular weight is 262 g/mol. The summed E-state index contributed by atoms with van der Waals surface area (Å²) in [5.41, 5.74) is 0.595. The second kappa shape index (κ2) is 3.93. The molecule has 0 spiro atoms. The highest BCUT2D eigenvalue weighted by molar-refractivity contribution is 7.98. The molecule has 2 nitrogen and oxygen atoms in total. The van der Waals surface area contributed by atoms with E-state index in [0.29, 0.717) is 23.8 Å². The van der Waals surface area contributed by atoms with Crippen LogP contribution in [0.2, 0.25) is 0 Å². The van der Waals surface area contributed by atoms with Crippen molar-refractivity contribution >= 4 is 11.8 Å². The minimum absolute atomic E-state index is 0.425. The van der Waals surface area contributed by atoms with Crippen LogP contribution in [0, 0.1) is 5.92 Å². The summed E-state index contributed by atoms with van der Waals surface area (Å²) >= 11 is 1.56. The Bertz CT molecular complexity index is 435. The summed E-state index contributed by atoms with van der Waals surface area (Å²) in [5.74, 6) is 1.91. The lowest BCUT2D eigenvalue weighted by atomic mass is 10.1. The molecule has 2 heterocycles. The third-order valence-electron chi connectivity index (χ3n) is 3.29. The number of fused-ring (bicyclic) bond motifs is 1. The minimum Gasteiger partial charge on any atom is -0.268 e. The van der Waals surface area contributed by atoms with Gasteiger partial charge in [0.2, 0.25) is 0 Å². The Morgan fingerprint density at radius 2 is 2.12 bits per heavy atom. The molecule has 3 rings (SSSR count). The van der Waals surface area contributed by atoms with Crippen molar-refractivity contribution in [3.63, 3.8) is 0 Å². The molecule has 2 aliphatic rings. The molecule has 17 heavy (non-hydrogen) atoms. The van der Waals surface area contributed by atoms with Gasteiger partial charge in [0.15, 0.2) is 5.69 Å². The lowest BCUT2D eigenvalue weighted by Gasteiger charge is -2.14. The van der Waals surface area contributed by atoms with E-state index < -0.39 is 11.9 Å². The Labute approximate surface area is 102 Å². The van der Waals surface area contributed by atoms with Gasteiger partial charge < -0.3 is 0 Å². The van der Waals surface area contributed by atoms with Crippen molar-refractivity contribution in [3.8, 4) is 0 Å². The summed E-state index contributed by atoms with van der Waals surface area (Å²) in [6, 6.07) is 0. The molecular formula is C11H13F3N2S. The zero-order chi connectivity index (χ0) is 12.0. The van der Waals surface area contributed by atoms with Crippen LogP contribution in [-0.2, 0) is 24.9 Å². The lowest BCUT2D eigenvalue weighted by Crippen LogP contribution is -2.11. The Kier molecular flexibility index (Phi) is 2.65. The Hall–Kier alpha value is -0.650. The molecule has 0 bridgehead atoms. The first kappa shape index (κ1) is 11.4. The fraction of sp³-hybridized carbons (Fsp3) is 0.727. The van der Waals surface area contributed by atoms with E-state index in [2.05, 4.69) is 5.10 Å². The topological polar surface area (TPSA) is 17.8 Å². The highest BCUT2D eigenvalue weighted by Crippen LogP contribution is 2.38. The second-order valence-corrected chi connectivity index (χ2v) is 5.80. The van der Waals surface area contributed by atoms with E-state index in [1.165, 1.54) is 0 Å². The number of thioether (sulfide) groups is 1. The highest BCUT2D eigenvalue weighted by atomic mass is 32.2. The van der Waals surface area contributed by atoms with Gasteiger partial charge in [-0.2, -0.15) is 30.0 Å². The molecule has 1 aromatic rings. The van der Waals surface area contributed by atoms with Crippen molar-refractivity contribution in [2.24, 2.45) is 5.92 Å². The molecule has 1 aromatic heterocycles. The zero-order valence-corrected chi connectivity index (χ0v) is 10.1. The highest BCUT2D eigenvalue weighted by Gasteiger charge is 2.40. The third kappa shape index (κ3) is 2.19. The molecule has 1 aliphatic carbocycles. The molecule has 0 saturated heterocycles. The van der Waals surface area contributed by atoms with E-state index >= 15 is 0 Å². The Morgan fingerprint density at radius 1 is 1.35 bits per heavy atom. The molecule has 1 fully saturated rings. The van der Waals surface area contributed by atoms with Crippen molar-refractivity contribution in [2.45, 2.75) is 37.7 Å². The van der Waals surface area contributed by atoms with E-state index in [-0.39, 0.29) is 0 Å². The number of rotatable bonds is 2. The van der Waals surface area contributed by atoms with Gasteiger partial charge in [-0.05, 0) is 30.9 Å². The maximum atomic E-state index is 12.9. The van der Waals surface area contributed by atoms with Crippen molar-refractivity contribution in [1.29, 1.82) is 0 Å². The summed E-state index contributed by atoms with van der Waals surface area (Å²) in [5, 5.41) is 3.82. The number of hydrogen-bond acceptors (Lipinski definition) is 2. The minimum atomic E-state index is -4.31. The van der Waals surface area contributed by atoms with Crippen LogP contribution in [0.25, 0.3) is 0 Å². The van der Waals surface area contributed by atoms with Crippen molar-refractivity contribution in [1.82, 2.24) is 9.78 Å². The summed E-state index contributed by atoms with van der Waals surface area (Å²) in [6.45, 7) is 0.670. The van der Waals surface area contributed by atoms with E-state index in [4.69, 9.17) is 0 Å². The molecular weight excluding hydrogens is 249 g/mol.